The molecule has 0 amide bonds. The molecule has 0 bridgehead atoms. The first-order chi connectivity index (χ1) is 18.3. The van der Waals surface area contributed by atoms with Gasteiger partial charge < -0.3 is 9.67 Å². The van der Waals surface area contributed by atoms with Crippen LogP contribution in [0.4, 0.5) is 0 Å². The van der Waals surface area contributed by atoms with Gasteiger partial charge in [0.05, 0.1) is 17.4 Å². The van der Waals surface area contributed by atoms with E-state index in [1.165, 1.54) is 17.0 Å². The zero-order chi connectivity index (χ0) is 26.9. The second-order valence-electron chi connectivity index (χ2n) is 11.5. The highest BCUT2D eigenvalue weighted by Crippen LogP contribution is 2.47. The maximum atomic E-state index is 9.98. The van der Waals surface area contributed by atoms with Crippen molar-refractivity contribution in [3.05, 3.63) is 106 Å². The van der Waals surface area contributed by atoms with Gasteiger partial charge in [0.25, 0.3) is 0 Å². The zero-order valence-corrected chi connectivity index (χ0v) is 23.6. The summed E-state index contributed by atoms with van der Waals surface area (Å²) < 4.78 is 2.51. The van der Waals surface area contributed by atoms with Gasteiger partial charge in [-0.1, -0.05) is 99.1 Å². The SMILES string of the molecule is CCC(C)n1c(-c2ccccc2)nc2c1C(N(Cc1ccccc1)Cc1ccc(O)cc1Cl)CC(C)(C)C2. The fraction of sp³-hybridized carbons (Fsp3) is 0.364. The number of halogens is 1. The third-order valence-corrected chi connectivity index (χ3v) is 8.23. The average Bonchev–Trinajstić information content (AvgIpc) is 3.28. The Morgan fingerprint density at radius 3 is 2.37 bits per heavy atom. The van der Waals surface area contributed by atoms with E-state index in [0.29, 0.717) is 17.6 Å². The van der Waals surface area contributed by atoms with Crippen molar-refractivity contribution in [2.45, 2.75) is 72.1 Å². The molecule has 1 N–H and O–H groups in total. The summed E-state index contributed by atoms with van der Waals surface area (Å²) in [5.74, 6) is 1.26. The van der Waals surface area contributed by atoms with Crippen LogP contribution >= 0.6 is 11.6 Å². The molecule has 1 heterocycles. The number of hydrogen-bond donors (Lipinski definition) is 1. The number of aromatic nitrogens is 2. The summed E-state index contributed by atoms with van der Waals surface area (Å²) in [4.78, 5) is 7.90. The molecule has 2 atom stereocenters. The lowest BCUT2D eigenvalue weighted by atomic mass is 9.74. The lowest BCUT2D eigenvalue weighted by Crippen LogP contribution is -2.38. The van der Waals surface area contributed by atoms with Gasteiger partial charge in [-0.2, -0.15) is 0 Å². The van der Waals surface area contributed by atoms with Crippen LogP contribution in [0.1, 0.15) is 75.1 Å². The minimum atomic E-state index is 0.105. The highest BCUT2D eigenvalue weighted by Gasteiger charge is 2.40. The number of benzene rings is 3. The molecule has 5 heteroatoms. The molecule has 0 saturated carbocycles. The lowest BCUT2D eigenvalue weighted by molar-refractivity contribution is 0.105. The van der Waals surface area contributed by atoms with E-state index in [1.807, 2.05) is 6.07 Å². The molecule has 1 aliphatic carbocycles. The van der Waals surface area contributed by atoms with Crippen molar-refractivity contribution >= 4 is 11.6 Å². The molecule has 38 heavy (non-hydrogen) atoms. The first-order valence-electron chi connectivity index (χ1n) is 13.7. The molecule has 0 saturated heterocycles. The Hall–Kier alpha value is -3.08. The predicted molar refractivity (Wildman–Crippen MR) is 156 cm³/mol. The van der Waals surface area contributed by atoms with Gasteiger partial charge in [-0.15, -0.1) is 0 Å². The standard InChI is InChI=1S/C33H38ClN3O/c1-5-23(2)37-31-29(35-32(37)25-14-10-7-11-15-25)19-33(3,4)20-30(31)36(21-24-12-8-6-9-13-24)22-26-16-17-27(38)18-28(26)34/h6-18,23,30,38H,5,19-22H2,1-4H3. The van der Waals surface area contributed by atoms with Crippen LogP contribution in [0.5, 0.6) is 5.75 Å². The van der Waals surface area contributed by atoms with E-state index in [4.69, 9.17) is 16.6 Å². The molecule has 0 aliphatic heterocycles. The fourth-order valence-electron chi connectivity index (χ4n) is 5.82. The minimum absolute atomic E-state index is 0.105. The topological polar surface area (TPSA) is 41.3 Å². The Labute approximate surface area is 231 Å². The van der Waals surface area contributed by atoms with Crippen LogP contribution in [0, 0.1) is 5.41 Å². The monoisotopic (exact) mass is 527 g/mol. The Balaban J connectivity index is 1.67. The molecule has 198 valence electrons. The summed E-state index contributed by atoms with van der Waals surface area (Å²) in [7, 11) is 0. The van der Waals surface area contributed by atoms with Crippen LogP contribution in [-0.2, 0) is 19.5 Å². The maximum absolute atomic E-state index is 9.98. The van der Waals surface area contributed by atoms with E-state index < -0.39 is 0 Å². The van der Waals surface area contributed by atoms with E-state index in [9.17, 15) is 5.11 Å². The molecule has 0 spiro atoms. The normalized spacial score (nSPS) is 17.4. The number of phenols is 1. The first kappa shape index (κ1) is 26.5. The third kappa shape index (κ3) is 5.52. The van der Waals surface area contributed by atoms with Gasteiger partial charge in [0.1, 0.15) is 11.6 Å². The highest BCUT2D eigenvalue weighted by atomic mass is 35.5. The molecule has 3 aromatic carbocycles. The molecule has 0 fully saturated rings. The van der Waals surface area contributed by atoms with Gasteiger partial charge in [0.2, 0.25) is 0 Å². The molecule has 1 aromatic heterocycles. The summed E-state index contributed by atoms with van der Waals surface area (Å²) in [6.45, 7) is 10.8. The molecule has 4 nitrogen and oxygen atoms in total. The van der Waals surface area contributed by atoms with Crippen molar-refractivity contribution < 1.29 is 5.11 Å². The van der Waals surface area contributed by atoms with Crippen molar-refractivity contribution in [2.75, 3.05) is 0 Å². The van der Waals surface area contributed by atoms with Crippen LogP contribution in [0.2, 0.25) is 5.02 Å². The molecular formula is C33H38ClN3O. The molecular weight excluding hydrogens is 490 g/mol. The Morgan fingerprint density at radius 1 is 1.03 bits per heavy atom. The fourth-order valence-corrected chi connectivity index (χ4v) is 6.05. The molecule has 1 aliphatic rings. The summed E-state index contributed by atoms with van der Waals surface area (Å²) in [6.07, 6.45) is 3.02. The molecule has 4 aromatic rings. The van der Waals surface area contributed by atoms with E-state index >= 15 is 0 Å². The largest absolute Gasteiger partial charge is 0.508 e. The summed E-state index contributed by atoms with van der Waals surface area (Å²) in [5.41, 5.74) is 6.10. The van der Waals surface area contributed by atoms with E-state index in [1.54, 1.807) is 12.1 Å². The van der Waals surface area contributed by atoms with Crippen molar-refractivity contribution in [2.24, 2.45) is 5.41 Å². The highest BCUT2D eigenvalue weighted by molar-refractivity contribution is 6.31. The molecule has 2 unspecified atom stereocenters. The number of hydrogen-bond acceptors (Lipinski definition) is 3. The van der Waals surface area contributed by atoms with Crippen molar-refractivity contribution in [3.63, 3.8) is 0 Å². The second kappa shape index (κ2) is 11.0. The lowest BCUT2D eigenvalue weighted by Gasteiger charge is -2.42. The summed E-state index contributed by atoms with van der Waals surface area (Å²) in [6, 6.07) is 27.1. The molecule has 0 radical (unpaired) electrons. The van der Waals surface area contributed by atoms with Gasteiger partial charge in [-0.25, -0.2) is 4.98 Å². The second-order valence-corrected chi connectivity index (χ2v) is 11.9. The summed E-state index contributed by atoms with van der Waals surface area (Å²) in [5, 5.41) is 10.6. The van der Waals surface area contributed by atoms with Gasteiger partial charge in [-0.3, -0.25) is 4.90 Å². The Bertz CT molecular complexity index is 1380. The number of aromatic hydroxyl groups is 1. The van der Waals surface area contributed by atoms with Gasteiger partial charge in [0, 0.05) is 29.7 Å². The number of phenolic OH excluding ortho intramolecular Hbond substituents is 1. The van der Waals surface area contributed by atoms with Crippen LogP contribution in [0.3, 0.4) is 0 Å². The van der Waals surface area contributed by atoms with E-state index in [-0.39, 0.29) is 17.2 Å². The van der Waals surface area contributed by atoms with Crippen LogP contribution < -0.4 is 0 Å². The van der Waals surface area contributed by atoms with Crippen LogP contribution in [-0.4, -0.2) is 19.6 Å². The van der Waals surface area contributed by atoms with Crippen molar-refractivity contribution in [1.82, 2.24) is 14.5 Å². The van der Waals surface area contributed by atoms with Gasteiger partial charge in [0.15, 0.2) is 0 Å². The number of fused-ring (bicyclic) bond motifs is 1. The van der Waals surface area contributed by atoms with Crippen LogP contribution in [0.25, 0.3) is 11.4 Å². The predicted octanol–water partition coefficient (Wildman–Crippen LogP) is 8.60. The quantitative estimate of drug-likeness (QED) is 0.249. The first-order valence-corrected chi connectivity index (χ1v) is 14.1. The smallest absolute Gasteiger partial charge is 0.140 e. The van der Waals surface area contributed by atoms with E-state index in [2.05, 4.69) is 97.8 Å². The zero-order valence-electron chi connectivity index (χ0n) is 22.9. The average molecular weight is 528 g/mol. The molecule has 5 rings (SSSR count). The number of imidazole rings is 1. The Morgan fingerprint density at radius 2 is 1.71 bits per heavy atom. The minimum Gasteiger partial charge on any atom is -0.508 e. The van der Waals surface area contributed by atoms with Crippen molar-refractivity contribution in [1.29, 1.82) is 0 Å². The third-order valence-electron chi connectivity index (χ3n) is 7.87. The van der Waals surface area contributed by atoms with E-state index in [0.717, 1.165) is 42.8 Å². The Kier molecular flexibility index (Phi) is 7.65. The van der Waals surface area contributed by atoms with Crippen LogP contribution in [0.15, 0.2) is 78.9 Å². The summed E-state index contributed by atoms with van der Waals surface area (Å²) >= 11 is 6.66. The van der Waals surface area contributed by atoms with Gasteiger partial charge >= 0.3 is 0 Å². The van der Waals surface area contributed by atoms with Gasteiger partial charge in [-0.05, 0) is 54.9 Å². The van der Waals surface area contributed by atoms with Crippen molar-refractivity contribution in [3.8, 4) is 17.1 Å². The maximum Gasteiger partial charge on any atom is 0.140 e. The number of rotatable bonds is 8. The number of nitrogens with zero attached hydrogens (tertiary/aromatic N) is 3.